The van der Waals surface area contributed by atoms with E-state index in [0.717, 1.165) is 59.8 Å². The van der Waals surface area contributed by atoms with Gasteiger partial charge >= 0.3 is 0 Å². The number of anilines is 3. The predicted octanol–water partition coefficient (Wildman–Crippen LogP) is 6.63. The molecule has 0 aliphatic carbocycles. The Balaban J connectivity index is 1.62. The molecule has 2 N–H and O–H groups in total. The molecule has 2 heterocycles. The molecule has 3 aromatic rings. The third-order valence-electron chi connectivity index (χ3n) is 5.85. The van der Waals surface area contributed by atoms with Crippen molar-refractivity contribution in [2.75, 3.05) is 28.0 Å². The average molecular weight is 539 g/mol. The van der Waals surface area contributed by atoms with E-state index in [1.54, 1.807) is 11.4 Å². The molecule has 180 valence electrons. The maximum atomic E-state index is 13.3. The van der Waals surface area contributed by atoms with Gasteiger partial charge in [0.05, 0.1) is 10.6 Å². The predicted molar refractivity (Wildman–Crippen MR) is 142 cm³/mol. The second-order valence-electron chi connectivity index (χ2n) is 8.38. The summed E-state index contributed by atoms with van der Waals surface area (Å²) in [6, 6.07) is 7.71. The minimum atomic E-state index is -4.00. The zero-order valence-corrected chi connectivity index (χ0v) is 22.2. The molecule has 4 rings (SSSR count). The third-order valence-corrected chi connectivity index (χ3v) is 8.55. The number of carbonyl (C=O) groups excluding carboxylic acids is 1. The van der Waals surface area contributed by atoms with E-state index >= 15 is 0 Å². The largest absolute Gasteiger partial charge is 0.371 e. The highest BCUT2D eigenvalue weighted by Crippen LogP contribution is 2.36. The smallest absolute Gasteiger partial charge is 0.267 e. The highest BCUT2D eigenvalue weighted by atomic mass is 35.5. The Bertz CT molecular complexity index is 1340. The molecule has 10 heteroatoms. The molecule has 1 aromatic heterocycles. The number of sulfonamides is 1. The Morgan fingerprint density at radius 2 is 1.65 bits per heavy atom. The lowest BCUT2D eigenvalue weighted by Crippen LogP contribution is -2.22. The van der Waals surface area contributed by atoms with Crippen LogP contribution in [0.3, 0.4) is 0 Å². The number of carbonyl (C=O) groups is 1. The number of halogens is 2. The Morgan fingerprint density at radius 1 is 1.00 bits per heavy atom. The normalized spacial score (nSPS) is 13.9. The van der Waals surface area contributed by atoms with Crippen LogP contribution in [0.4, 0.5) is 17.1 Å². The van der Waals surface area contributed by atoms with E-state index in [1.165, 1.54) is 23.8 Å². The molecule has 0 spiro atoms. The van der Waals surface area contributed by atoms with E-state index < -0.39 is 10.0 Å². The number of thiophene rings is 1. The summed E-state index contributed by atoms with van der Waals surface area (Å²) in [6.07, 6.45) is 2.32. The monoisotopic (exact) mass is 537 g/mol. The Hall–Kier alpha value is -2.26. The van der Waals surface area contributed by atoms with Crippen molar-refractivity contribution in [1.82, 2.24) is 0 Å². The molecule has 0 atom stereocenters. The van der Waals surface area contributed by atoms with Crippen LogP contribution in [0.15, 0.2) is 40.6 Å². The lowest BCUT2D eigenvalue weighted by Gasteiger charge is -2.26. The van der Waals surface area contributed by atoms with Gasteiger partial charge in [-0.15, -0.1) is 11.3 Å². The molecule has 1 aliphatic rings. The van der Waals surface area contributed by atoms with Gasteiger partial charge in [0.1, 0.15) is 4.88 Å². The van der Waals surface area contributed by atoms with Crippen molar-refractivity contribution in [3.63, 3.8) is 0 Å². The molecule has 34 heavy (non-hydrogen) atoms. The van der Waals surface area contributed by atoms with Crippen molar-refractivity contribution < 1.29 is 13.2 Å². The quantitative estimate of drug-likeness (QED) is 0.369. The van der Waals surface area contributed by atoms with Crippen molar-refractivity contribution in [3.8, 4) is 0 Å². The molecule has 1 fully saturated rings. The number of nitrogens with zero attached hydrogens (tertiary/aromatic N) is 1. The van der Waals surface area contributed by atoms with Crippen LogP contribution in [-0.4, -0.2) is 27.4 Å². The maximum absolute atomic E-state index is 13.3. The van der Waals surface area contributed by atoms with Crippen molar-refractivity contribution in [2.45, 2.75) is 38.5 Å². The van der Waals surface area contributed by atoms with Gasteiger partial charge in [-0.25, -0.2) is 8.42 Å². The van der Waals surface area contributed by atoms with Gasteiger partial charge in [-0.3, -0.25) is 9.52 Å². The fraction of sp³-hybridized carbons (Fsp3) is 0.292. The second-order valence-corrected chi connectivity index (χ2v) is 11.9. The van der Waals surface area contributed by atoms with Crippen LogP contribution in [0.5, 0.6) is 0 Å². The first-order valence-electron chi connectivity index (χ1n) is 10.8. The summed E-state index contributed by atoms with van der Waals surface area (Å²) in [5, 5.41) is 5.10. The molecular weight excluding hydrogens is 513 g/mol. The number of rotatable bonds is 6. The Morgan fingerprint density at radius 3 is 2.29 bits per heavy atom. The van der Waals surface area contributed by atoms with E-state index in [1.807, 2.05) is 13.8 Å². The Labute approximate surface area is 213 Å². The van der Waals surface area contributed by atoms with Crippen LogP contribution in [0.2, 0.25) is 10.0 Å². The number of amides is 1. The number of benzene rings is 2. The minimum absolute atomic E-state index is 0.0805. The van der Waals surface area contributed by atoms with Crippen molar-refractivity contribution >= 4 is 67.5 Å². The van der Waals surface area contributed by atoms with Crippen LogP contribution >= 0.6 is 34.5 Å². The molecule has 1 aliphatic heterocycles. The molecular formula is C24H25Cl2N3O3S2. The lowest BCUT2D eigenvalue weighted by atomic mass is 10.0. The molecule has 1 saturated heterocycles. The van der Waals surface area contributed by atoms with Crippen LogP contribution < -0.4 is 14.9 Å². The first-order chi connectivity index (χ1) is 16.1. The standard InChI is InChI=1S/C24H25Cl2N3O3S2/c1-14-10-15(2)22(29-7-4-5-8-29)16(3)21(14)27-24(30)23-20(6-9-33-23)28-34(31,32)19-12-17(25)11-18(26)13-19/h6,9-13,28H,4-5,7-8H2,1-3H3,(H,27,30). The summed E-state index contributed by atoms with van der Waals surface area (Å²) in [4.78, 5) is 15.8. The number of hydrogen-bond acceptors (Lipinski definition) is 5. The molecule has 2 aromatic carbocycles. The highest BCUT2D eigenvalue weighted by molar-refractivity contribution is 7.92. The van der Waals surface area contributed by atoms with Gasteiger partial charge in [0, 0.05) is 34.5 Å². The zero-order valence-electron chi connectivity index (χ0n) is 19.0. The van der Waals surface area contributed by atoms with Crippen molar-refractivity contribution in [1.29, 1.82) is 0 Å². The van der Waals surface area contributed by atoms with E-state index in [2.05, 4.69) is 27.9 Å². The SMILES string of the molecule is Cc1cc(C)c(N2CCCC2)c(C)c1NC(=O)c1sccc1NS(=O)(=O)c1cc(Cl)cc(Cl)c1. The van der Waals surface area contributed by atoms with Crippen LogP contribution in [0, 0.1) is 20.8 Å². The van der Waals surface area contributed by atoms with Gasteiger partial charge < -0.3 is 10.2 Å². The summed E-state index contributed by atoms with van der Waals surface area (Å²) in [5.74, 6) is -0.376. The van der Waals surface area contributed by atoms with E-state index in [4.69, 9.17) is 23.2 Å². The molecule has 1 amide bonds. The summed E-state index contributed by atoms with van der Waals surface area (Å²) in [5.41, 5.74) is 5.25. The second kappa shape index (κ2) is 9.77. The molecule has 6 nitrogen and oxygen atoms in total. The average Bonchev–Trinajstić information content (AvgIpc) is 3.42. The summed E-state index contributed by atoms with van der Waals surface area (Å²) < 4.78 is 28.3. The van der Waals surface area contributed by atoms with E-state index in [9.17, 15) is 13.2 Å². The highest BCUT2D eigenvalue weighted by Gasteiger charge is 2.24. The van der Waals surface area contributed by atoms with Gasteiger partial charge in [0.2, 0.25) is 0 Å². The fourth-order valence-electron chi connectivity index (χ4n) is 4.42. The number of aryl methyl sites for hydroxylation is 2. The Kier molecular flexibility index (Phi) is 7.14. The first kappa shape index (κ1) is 24.9. The molecule has 0 unspecified atom stereocenters. The molecule has 0 bridgehead atoms. The number of nitrogens with one attached hydrogen (secondary N) is 2. The van der Waals surface area contributed by atoms with Gasteiger partial charge in [-0.1, -0.05) is 29.3 Å². The summed E-state index contributed by atoms with van der Waals surface area (Å²) in [7, 11) is -4.00. The van der Waals surface area contributed by atoms with Gasteiger partial charge in [0.25, 0.3) is 15.9 Å². The van der Waals surface area contributed by atoms with Crippen molar-refractivity contribution in [2.24, 2.45) is 0 Å². The zero-order chi connectivity index (χ0) is 24.6. The van der Waals surface area contributed by atoms with Crippen molar-refractivity contribution in [3.05, 3.63) is 67.3 Å². The maximum Gasteiger partial charge on any atom is 0.267 e. The van der Waals surface area contributed by atoms with E-state index in [0.29, 0.717) is 0 Å². The first-order valence-corrected chi connectivity index (χ1v) is 13.9. The van der Waals surface area contributed by atoms with E-state index in [-0.39, 0.29) is 31.4 Å². The van der Waals surface area contributed by atoms with Gasteiger partial charge in [-0.2, -0.15) is 0 Å². The third kappa shape index (κ3) is 5.05. The number of hydrogen-bond donors (Lipinski definition) is 2. The lowest BCUT2D eigenvalue weighted by molar-refractivity contribution is 0.103. The van der Waals surface area contributed by atoms with Gasteiger partial charge in [0.15, 0.2) is 0 Å². The van der Waals surface area contributed by atoms with Gasteiger partial charge in [-0.05, 0) is 79.9 Å². The fourth-order valence-corrected chi connectivity index (χ4v) is 7.02. The summed E-state index contributed by atoms with van der Waals surface area (Å²) in [6.45, 7) is 8.08. The van der Waals surface area contributed by atoms with Crippen LogP contribution in [0.25, 0.3) is 0 Å². The summed E-state index contributed by atoms with van der Waals surface area (Å²) >= 11 is 13.1. The molecule has 0 radical (unpaired) electrons. The van der Waals surface area contributed by atoms with Crippen LogP contribution in [0.1, 0.15) is 39.2 Å². The minimum Gasteiger partial charge on any atom is -0.371 e. The topological polar surface area (TPSA) is 78.5 Å². The molecule has 0 saturated carbocycles. The van der Waals surface area contributed by atoms with Crippen LogP contribution in [-0.2, 0) is 10.0 Å².